The summed E-state index contributed by atoms with van der Waals surface area (Å²) in [5, 5.41) is 23.0. The van der Waals surface area contributed by atoms with Crippen LogP contribution < -0.4 is 5.32 Å². The van der Waals surface area contributed by atoms with E-state index in [1.165, 1.54) is 19.3 Å². The van der Waals surface area contributed by atoms with Crippen molar-refractivity contribution in [2.24, 2.45) is 11.3 Å². The maximum Gasteiger partial charge on any atom is 0.0938 e. The van der Waals surface area contributed by atoms with Crippen molar-refractivity contribution in [2.45, 2.75) is 58.3 Å². The molecule has 0 amide bonds. The highest BCUT2D eigenvalue weighted by atomic mass is 16.3. The number of aliphatic hydroxyl groups excluding tert-OH is 2. The minimum Gasteiger partial charge on any atom is -0.389 e. The van der Waals surface area contributed by atoms with E-state index >= 15 is 0 Å². The van der Waals surface area contributed by atoms with Gasteiger partial charge in [-0.1, -0.05) is 27.2 Å². The normalized spacial score (nSPS) is 39.6. The van der Waals surface area contributed by atoms with Crippen molar-refractivity contribution >= 4 is 0 Å². The Morgan fingerprint density at radius 2 is 1.84 bits per heavy atom. The fourth-order valence-corrected chi connectivity index (χ4v) is 3.97. The Morgan fingerprint density at radius 1 is 1.21 bits per heavy atom. The molecule has 4 nitrogen and oxygen atoms in total. The highest BCUT2D eigenvalue weighted by molar-refractivity contribution is 4.95. The van der Waals surface area contributed by atoms with Crippen LogP contribution in [0.5, 0.6) is 0 Å². The summed E-state index contributed by atoms with van der Waals surface area (Å²) in [6.07, 6.45) is 2.71. The number of hydrogen-bond acceptors (Lipinski definition) is 4. The Kier molecular flexibility index (Phi) is 4.88. The van der Waals surface area contributed by atoms with Gasteiger partial charge in [0.05, 0.1) is 12.2 Å². The van der Waals surface area contributed by atoms with Crippen molar-refractivity contribution in [1.82, 2.24) is 10.2 Å². The molecule has 0 aromatic carbocycles. The summed E-state index contributed by atoms with van der Waals surface area (Å²) in [6.45, 7) is 10.1. The number of rotatable bonds is 4. The first-order chi connectivity index (χ1) is 8.94. The lowest BCUT2D eigenvalue weighted by molar-refractivity contribution is 0.0572. The van der Waals surface area contributed by atoms with Crippen LogP contribution in [-0.4, -0.2) is 59.5 Å². The molecule has 0 aromatic heterocycles. The standard InChI is InChI=1S/C15H30N2O2/c1-4-16-14-11(6-5-7-15(14,2)3)8-17-9-12(18)13(19)10-17/h11-14,16,18-19H,4-10H2,1-3H3. The average molecular weight is 270 g/mol. The summed E-state index contributed by atoms with van der Waals surface area (Å²) < 4.78 is 0. The fraction of sp³-hybridized carbons (Fsp3) is 1.00. The van der Waals surface area contributed by atoms with Gasteiger partial charge in [0.2, 0.25) is 0 Å². The SMILES string of the molecule is CCNC1C(CN2CC(O)C(O)C2)CCCC1(C)C. The van der Waals surface area contributed by atoms with E-state index in [9.17, 15) is 10.2 Å². The van der Waals surface area contributed by atoms with Gasteiger partial charge in [-0.15, -0.1) is 0 Å². The Labute approximate surface area is 117 Å². The minimum atomic E-state index is -0.561. The van der Waals surface area contributed by atoms with Crippen LogP contribution >= 0.6 is 0 Å². The van der Waals surface area contributed by atoms with Crippen molar-refractivity contribution in [1.29, 1.82) is 0 Å². The zero-order valence-corrected chi connectivity index (χ0v) is 12.6. The van der Waals surface area contributed by atoms with Gasteiger partial charge in [0, 0.05) is 25.7 Å². The molecule has 4 atom stereocenters. The predicted octanol–water partition coefficient (Wildman–Crippen LogP) is 0.828. The molecule has 1 aliphatic heterocycles. The quantitative estimate of drug-likeness (QED) is 0.708. The molecule has 0 bridgehead atoms. The lowest BCUT2D eigenvalue weighted by Crippen LogP contribution is -2.52. The van der Waals surface area contributed by atoms with Crippen LogP contribution in [0.15, 0.2) is 0 Å². The van der Waals surface area contributed by atoms with Gasteiger partial charge in [-0.05, 0) is 30.7 Å². The topological polar surface area (TPSA) is 55.7 Å². The average Bonchev–Trinajstić information content (AvgIpc) is 2.62. The Morgan fingerprint density at radius 3 is 2.42 bits per heavy atom. The second kappa shape index (κ2) is 6.08. The summed E-state index contributed by atoms with van der Waals surface area (Å²) >= 11 is 0. The molecular weight excluding hydrogens is 240 g/mol. The molecule has 3 N–H and O–H groups in total. The van der Waals surface area contributed by atoms with Crippen LogP contribution in [0.1, 0.15) is 40.0 Å². The van der Waals surface area contributed by atoms with Crippen LogP contribution in [0.4, 0.5) is 0 Å². The van der Waals surface area contributed by atoms with Gasteiger partial charge in [-0.2, -0.15) is 0 Å². The van der Waals surface area contributed by atoms with E-state index in [0.717, 1.165) is 13.1 Å². The van der Waals surface area contributed by atoms with E-state index in [1.807, 2.05) is 0 Å². The van der Waals surface area contributed by atoms with Crippen molar-refractivity contribution in [3.63, 3.8) is 0 Å². The minimum absolute atomic E-state index is 0.343. The van der Waals surface area contributed by atoms with Gasteiger partial charge < -0.3 is 15.5 Å². The third-order valence-corrected chi connectivity index (χ3v) is 4.96. The maximum absolute atomic E-state index is 9.66. The third kappa shape index (κ3) is 3.48. The Bertz CT molecular complexity index is 286. The largest absolute Gasteiger partial charge is 0.389 e. The molecule has 1 aliphatic carbocycles. The van der Waals surface area contributed by atoms with Gasteiger partial charge in [0.15, 0.2) is 0 Å². The molecule has 112 valence electrons. The number of hydrogen-bond donors (Lipinski definition) is 3. The zero-order chi connectivity index (χ0) is 14.0. The monoisotopic (exact) mass is 270 g/mol. The van der Waals surface area contributed by atoms with E-state index in [4.69, 9.17) is 0 Å². The number of aliphatic hydroxyl groups is 2. The highest BCUT2D eigenvalue weighted by Crippen LogP contribution is 2.39. The molecule has 2 aliphatic rings. The molecule has 2 rings (SSSR count). The van der Waals surface area contributed by atoms with Gasteiger partial charge in [-0.25, -0.2) is 0 Å². The second-order valence-electron chi connectivity index (χ2n) is 7.03. The predicted molar refractivity (Wildman–Crippen MR) is 77.0 cm³/mol. The first kappa shape index (κ1) is 15.2. The smallest absolute Gasteiger partial charge is 0.0938 e. The number of nitrogens with one attached hydrogen (secondary N) is 1. The van der Waals surface area contributed by atoms with Gasteiger partial charge in [0.25, 0.3) is 0 Å². The fourth-order valence-electron chi connectivity index (χ4n) is 3.97. The van der Waals surface area contributed by atoms with Crippen LogP contribution in [0.3, 0.4) is 0 Å². The molecule has 2 fully saturated rings. The molecule has 19 heavy (non-hydrogen) atoms. The lowest BCUT2D eigenvalue weighted by atomic mass is 9.67. The van der Waals surface area contributed by atoms with Crippen LogP contribution in [0, 0.1) is 11.3 Å². The Balaban J connectivity index is 1.97. The molecule has 1 heterocycles. The van der Waals surface area contributed by atoms with Gasteiger partial charge in [0.1, 0.15) is 0 Å². The van der Waals surface area contributed by atoms with Gasteiger partial charge in [-0.3, -0.25) is 4.90 Å². The van der Waals surface area contributed by atoms with Crippen molar-refractivity contribution in [3.05, 3.63) is 0 Å². The molecule has 0 aromatic rings. The van der Waals surface area contributed by atoms with Crippen molar-refractivity contribution in [2.75, 3.05) is 26.2 Å². The molecule has 0 radical (unpaired) electrons. The highest BCUT2D eigenvalue weighted by Gasteiger charge is 2.40. The van der Waals surface area contributed by atoms with Crippen LogP contribution in [0.2, 0.25) is 0 Å². The van der Waals surface area contributed by atoms with E-state index in [0.29, 0.717) is 30.5 Å². The summed E-state index contributed by atoms with van der Waals surface area (Å²) in [6, 6.07) is 0.543. The molecule has 1 saturated carbocycles. The summed E-state index contributed by atoms with van der Waals surface area (Å²) in [5.41, 5.74) is 0.343. The first-order valence-electron chi connectivity index (χ1n) is 7.76. The molecule has 4 heteroatoms. The zero-order valence-electron chi connectivity index (χ0n) is 12.6. The van der Waals surface area contributed by atoms with E-state index in [2.05, 4.69) is 31.0 Å². The van der Waals surface area contributed by atoms with Crippen LogP contribution in [-0.2, 0) is 0 Å². The van der Waals surface area contributed by atoms with Crippen molar-refractivity contribution < 1.29 is 10.2 Å². The number of nitrogens with zero attached hydrogens (tertiary/aromatic N) is 1. The summed E-state index contributed by atoms with van der Waals surface area (Å²) in [7, 11) is 0. The molecular formula is C15H30N2O2. The summed E-state index contributed by atoms with van der Waals surface area (Å²) in [4.78, 5) is 2.23. The summed E-state index contributed by atoms with van der Waals surface area (Å²) in [5.74, 6) is 0.626. The third-order valence-electron chi connectivity index (χ3n) is 4.96. The van der Waals surface area contributed by atoms with E-state index in [-0.39, 0.29) is 0 Å². The number of β-amino-alcohol motifs (C(OH)–C–C–N with tert-alkyl or cyclic N) is 2. The van der Waals surface area contributed by atoms with E-state index < -0.39 is 12.2 Å². The lowest BCUT2D eigenvalue weighted by Gasteiger charge is -2.45. The number of likely N-dealkylation sites (tertiary alicyclic amines) is 1. The first-order valence-corrected chi connectivity index (χ1v) is 7.76. The Hall–Kier alpha value is -0.160. The van der Waals surface area contributed by atoms with Gasteiger partial charge >= 0.3 is 0 Å². The van der Waals surface area contributed by atoms with E-state index in [1.54, 1.807) is 0 Å². The maximum atomic E-state index is 9.66. The van der Waals surface area contributed by atoms with Crippen molar-refractivity contribution in [3.8, 4) is 0 Å². The second-order valence-corrected chi connectivity index (χ2v) is 7.03. The van der Waals surface area contributed by atoms with Crippen LogP contribution in [0.25, 0.3) is 0 Å². The molecule has 1 saturated heterocycles. The molecule has 0 spiro atoms. The molecule has 4 unspecified atom stereocenters.